The van der Waals surface area contributed by atoms with E-state index in [2.05, 4.69) is 7.26 Å². The van der Waals surface area contributed by atoms with Gasteiger partial charge in [0, 0.05) is 0 Å². The van der Waals surface area contributed by atoms with Gasteiger partial charge in [0.25, 0.3) is 0 Å². The normalized spacial score (nSPS) is 14.3. The fraction of sp³-hybridized carbons (Fsp3) is 0. The van der Waals surface area contributed by atoms with E-state index in [1.165, 1.54) is 0 Å². The Morgan fingerprint density at radius 1 is 0.692 bits per heavy atom. The molecule has 80 valence electrons. The summed E-state index contributed by atoms with van der Waals surface area (Å²) in [6.45, 7) is 0. The molecule has 13 heteroatoms. The molecule has 0 saturated heterocycles. The van der Waals surface area contributed by atoms with Gasteiger partial charge >= 0.3 is 31.2 Å². The van der Waals surface area contributed by atoms with E-state index < -0.39 is 31.2 Å². The number of hydrogen-bond acceptors (Lipinski definition) is 8. The van der Waals surface area contributed by atoms with Gasteiger partial charge in [-0.05, 0) is 0 Å². The minimum atomic E-state index is -5.57. The second-order valence-electron chi connectivity index (χ2n) is 1.40. The summed E-state index contributed by atoms with van der Waals surface area (Å²) in [5.74, 6) is 0. The van der Waals surface area contributed by atoms with E-state index in [4.69, 9.17) is 9.11 Å². The second-order valence-corrected chi connectivity index (χ2v) is 5.02. The maximum atomic E-state index is 10.1. The van der Waals surface area contributed by atoms with Gasteiger partial charge in [0.05, 0.1) is 0 Å². The van der Waals surface area contributed by atoms with Crippen molar-refractivity contribution in [1.82, 2.24) is 0 Å². The highest BCUT2D eigenvalue weighted by Gasteiger charge is 2.27. The summed E-state index contributed by atoms with van der Waals surface area (Å²) in [7, 11) is -16.5. The molecule has 0 aromatic heterocycles. The molecule has 0 unspecified atom stereocenters. The van der Waals surface area contributed by atoms with Gasteiger partial charge < -0.3 is 0 Å². The van der Waals surface area contributed by atoms with E-state index >= 15 is 0 Å². The first kappa shape index (κ1) is 12.7. The third-order valence-corrected chi connectivity index (χ3v) is 3.05. The predicted molar refractivity (Wildman–Crippen MR) is 34.2 cm³/mol. The molecule has 2 N–H and O–H groups in total. The van der Waals surface area contributed by atoms with Crippen LogP contribution in [0.1, 0.15) is 0 Å². The summed E-state index contributed by atoms with van der Waals surface area (Å²) >= 11 is 0. The summed E-state index contributed by atoms with van der Waals surface area (Å²) in [6, 6.07) is 0. The summed E-state index contributed by atoms with van der Waals surface area (Å²) in [5.41, 5.74) is 0. The SMILES string of the molecule is O=S(=O)(O)OS(=O)(=O)OS(=O)(=O)O. The monoisotopic (exact) mass is 258 g/mol. The van der Waals surface area contributed by atoms with Crippen molar-refractivity contribution in [2.45, 2.75) is 0 Å². The van der Waals surface area contributed by atoms with Crippen LogP contribution in [0.5, 0.6) is 0 Å². The topological polar surface area (TPSA) is 161 Å². The van der Waals surface area contributed by atoms with E-state index in [-0.39, 0.29) is 0 Å². The summed E-state index contributed by atoms with van der Waals surface area (Å²) in [5, 5.41) is 0. The van der Waals surface area contributed by atoms with Gasteiger partial charge in [-0.25, -0.2) is 0 Å². The Morgan fingerprint density at radius 3 is 1.08 bits per heavy atom. The summed E-state index contributed by atoms with van der Waals surface area (Å²) < 4.78 is 80.2. The second kappa shape index (κ2) is 3.45. The van der Waals surface area contributed by atoms with Crippen molar-refractivity contribution in [3.05, 3.63) is 0 Å². The van der Waals surface area contributed by atoms with Gasteiger partial charge in [-0.1, -0.05) is 7.26 Å². The molecule has 10 nitrogen and oxygen atoms in total. The van der Waals surface area contributed by atoms with Crippen molar-refractivity contribution < 1.29 is 41.6 Å². The number of rotatable bonds is 4. The maximum Gasteiger partial charge on any atom is 0.432 e. The van der Waals surface area contributed by atoms with Gasteiger partial charge in [0.1, 0.15) is 0 Å². The lowest BCUT2D eigenvalue weighted by Crippen LogP contribution is -2.18. The zero-order valence-electron chi connectivity index (χ0n) is 5.39. The van der Waals surface area contributed by atoms with Crippen LogP contribution in [-0.2, 0) is 38.5 Å². The smallest absolute Gasteiger partial charge is 0.263 e. The lowest BCUT2D eigenvalue weighted by molar-refractivity contribution is 0.328. The zero-order valence-corrected chi connectivity index (χ0v) is 7.83. The Balaban J connectivity index is 4.86. The van der Waals surface area contributed by atoms with E-state index in [9.17, 15) is 25.3 Å². The first-order valence-corrected chi connectivity index (χ1v) is 6.10. The molecule has 0 radical (unpaired) electrons. The van der Waals surface area contributed by atoms with E-state index in [0.29, 0.717) is 0 Å². The Labute approximate surface area is 73.3 Å². The minimum Gasteiger partial charge on any atom is -0.263 e. The molecule has 0 rings (SSSR count). The third-order valence-electron chi connectivity index (χ3n) is 0.339. The Kier molecular flexibility index (Phi) is 3.36. The third kappa shape index (κ3) is 8.03. The van der Waals surface area contributed by atoms with Crippen LogP contribution in [0.3, 0.4) is 0 Å². The van der Waals surface area contributed by atoms with Gasteiger partial charge in [-0.15, -0.1) is 0 Å². The molecule has 0 bridgehead atoms. The maximum absolute atomic E-state index is 10.1. The molecule has 0 heterocycles. The van der Waals surface area contributed by atoms with Crippen LogP contribution in [0.4, 0.5) is 0 Å². The molecule has 0 aliphatic heterocycles. The Bertz CT molecular complexity index is 414. The fourth-order valence-electron chi connectivity index (χ4n) is 0.222. The van der Waals surface area contributed by atoms with E-state index in [0.717, 1.165) is 0 Å². The molecule has 0 atom stereocenters. The lowest BCUT2D eigenvalue weighted by atomic mass is 15.7. The summed E-state index contributed by atoms with van der Waals surface area (Å²) in [6.07, 6.45) is 0. The first-order valence-electron chi connectivity index (χ1n) is 2.03. The van der Waals surface area contributed by atoms with Crippen LogP contribution < -0.4 is 0 Å². The van der Waals surface area contributed by atoms with Gasteiger partial charge in [-0.3, -0.25) is 9.11 Å². The van der Waals surface area contributed by atoms with Crippen LogP contribution in [0.2, 0.25) is 0 Å². The van der Waals surface area contributed by atoms with Crippen LogP contribution >= 0.6 is 0 Å². The minimum absolute atomic E-state index is 2.74. The standard InChI is InChI=1S/H2O10S3/c1-11(2,3)9-13(7,8)10-12(4,5)6/h(H,1,2,3)(H,4,5,6). The van der Waals surface area contributed by atoms with Crippen molar-refractivity contribution >= 4 is 31.2 Å². The summed E-state index contributed by atoms with van der Waals surface area (Å²) in [4.78, 5) is 0. The van der Waals surface area contributed by atoms with Gasteiger partial charge in [-0.2, -0.15) is 25.3 Å². The van der Waals surface area contributed by atoms with Crippen molar-refractivity contribution in [3.8, 4) is 0 Å². The molecular weight excluding hydrogens is 256 g/mol. The number of hydrogen-bond donors (Lipinski definition) is 2. The van der Waals surface area contributed by atoms with E-state index in [1.54, 1.807) is 0 Å². The molecule has 0 saturated carbocycles. The molecule has 13 heavy (non-hydrogen) atoms. The highest BCUT2D eigenvalue weighted by Crippen LogP contribution is 2.03. The first-order chi connectivity index (χ1) is 5.41. The van der Waals surface area contributed by atoms with Crippen molar-refractivity contribution in [3.63, 3.8) is 0 Å². The van der Waals surface area contributed by atoms with Crippen LogP contribution in [0.25, 0.3) is 0 Å². The molecule has 0 aliphatic rings. The highest BCUT2D eigenvalue weighted by molar-refractivity contribution is 8.00. The average Bonchev–Trinajstić information content (AvgIpc) is 1.43. The predicted octanol–water partition coefficient (Wildman–Crippen LogP) is -2.13. The van der Waals surface area contributed by atoms with Crippen molar-refractivity contribution in [2.75, 3.05) is 0 Å². The van der Waals surface area contributed by atoms with E-state index in [1.807, 2.05) is 0 Å². The highest BCUT2D eigenvalue weighted by atomic mass is 32.3. The molecule has 0 fully saturated rings. The lowest BCUT2D eigenvalue weighted by Gasteiger charge is -1.97. The van der Waals surface area contributed by atoms with Crippen LogP contribution in [0, 0.1) is 0 Å². The van der Waals surface area contributed by atoms with Crippen LogP contribution in [0.15, 0.2) is 0 Å². The fourth-order valence-corrected chi connectivity index (χ4v) is 2.20. The molecule has 0 aromatic carbocycles. The average molecular weight is 258 g/mol. The van der Waals surface area contributed by atoms with Crippen molar-refractivity contribution in [1.29, 1.82) is 0 Å². The molecule has 0 spiro atoms. The Hall–Kier alpha value is -0.310. The van der Waals surface area contributed by atoms with Crippen molar-refractivity contribution in [2.24, 2.45) is 0 Å². The van der Waals surface area contributed by atoms with Gasteiger partial charge in [0.15, 0.2) is 0 Å². The quantitative estimate of drug-likeness (QED) is 0.532. The molecule has 0 amide bonds. The Morgan fingerprint density at radius 2 is 0.923 bits per heavy atom. The van der Waals surface area contributed by atoms with Gasteiger partial charge in [0.2, 0.25) is 0 Å². The largest absolute Gasteiger partial charge is 0.432 e. The molecular formula is H2O10S3. The zero-order chi connectivity index (χ0) is 10.9. The van der Waals surface area contributed by atoms with Crippen LogP contribution in [-0.4, -0.2) is 34.4 Å². The molecule has 0 aromatic rings. The molecule has 0 aliphatic carbocycles.